The Morgan fingerprint density at radius 3 is 2.94 bits per heavy atom. The van der Waals surface area contributed by atoms with Crippen molar-refractivity contribution in [2.24, 2.45) is 0 Å². The molecule has 0 saturated carbocycles. The van der Waals surface area contributed by atoms with E-state index in [-0.39, 0.29) is 5.91 Å². The fourth-order valence-electron chi connectivity index (χ4n) is 1.85. The van der Waals surface area contributed by atoms with Crippen LogP contribution in [0.3, 0.4) is 0 Å². The Morgan fingerprint density at radius 1 is 1.41 bits per heavy atom. The molecule has 1 N–H and O–H groups in total. The zero-order valence-electron chi connectivity index (χ0n) is 10.1. The van der Waals surface area contributed by atoms with E-state index < -0.39 is 0 Å². The highest BCUT2D eigenvalue weighted by Gasteiger charge is 2.08. The Hall–Kier alpha value is -1.97. The molecule has 1 aromatic heterocycles. The van der Waals surface area contributed by atoms with Crippen molar-refractivity contribution in [3.63, 3.8) is 0 Å². The van der Waals surface area contributed by atoms with E-state index in [1.165, 1.54) is 0 Å². The van der Waals surface area contributed by atoms with Crippen LogP contribution < -0.4 is 10.1 Å². The highest BCUT2D eigenvalue weighted by molar-refractivity contribution is 5.88. The van der Waals surface area contributed by atoms with Crippen LogP contribution in [0.25, 0.3) is 10.9 Å². The molecule has 0 fully saturated rings. The first kappa shape index (κ1) is 11.5. The summed E-state index contributed by atoms with van der Waals surface area (Å²) in [5.41, 5.74) is 1.01. The molecule has 4 heteroatoms. The van der Waals surface area contributed by atoms with Crippen molar-refractivity contribution in [2.45, 2.75) is 13.5 Å². The highest BCUT2D eigenvalue weighted by Crippen LogP contribution is 2.26. The van der Waals surface area contributed by atoms with E-state index in [0.29, 0.717) is 13.2 Å². The number of aromatic nitrogens is 1. The maximum atomic E-state index is 11.4. The molecule has 0 radical (unpaired) electrons. The Kier molecular flexibility index (Phi) is 3.32. The second-order valence-corrected chi connectivity index (χ2v) is 3.74. The largest absolute Gasteiger partial charge is 0.493 e. The minimum Gasteiger partial charge on any atom is -0.493 e. The van der Waals surface area contributed by atoms with Crippen LogP contribution in [0, 0.1) is 0 Å². The van der Waals surface area contributed by atoms with Crippen molar-refractivity contribution in [1.82, 2.24) is 9.88 Å². The van der Waals surface area contributed by atoms with Crippen molar-refractivity contribution in [3.05, 3.63) is 30.5 Å². The Balaban J connectivity index is 2.40. The quantitative estimate of drug-likeness (QED) is 0.873. The highest BCUT2D eigenvalue weighted by atomic mass is 16.5. The molecular weight excluding hydrogens is 216 g/mol. The zero-order chi connectivity index (χ0) is 12.3. The van der Waals surface area contributed by atoms with Crippen LogP contribution in [0.1, 0.15) is 6.92 Å². The lowest BCUT2D eigenvalue weighted by molar-refractivity contribution is -0.121. The summed E-state index contributed by atoms with van der Waals surface area (Å²) >= 11 is 0. The van der Waals surface area contributed by atoms with Gasteiger partial charge in [0.2, 0.25) is 5.91 Å². The number of ether oxygens (including phenoxy) is 1. The van der Waals surface area contributed by atoms with Gasteiger partial charge in [0, 0.05) is 18.6 Å². The van der Waals surface area contributed by atoms with E-state index in [1.807, 2.05) is 42.0 Å². The molecule has 0 spiro atoms. The minimum absolute atomic E-state index is 0.00990. The van der Waals surface area contributed by atoms with Crippen LogP contribution in [0.4, 0.5) is 0 Å². The lowest BCUT2D eigenvalue weighted by atomic mass is 10.2. The molecule has 0 aliphatic rings. The summed E-state index contributed by atoms with van der Waals surface area (Å²) < 4.78 is 7.46. The first-order valence-corrected chi connectivity index (χ1v) is 5.67. The minimum atomic E-state index is -0.00990. The van der Waals surface area contributed by atoms with Crippen LogP contribution in [0.15, 0.2) is 30.5 Å². The lowest BCUT2D eigenvalue weighted by Gasteiger charge is -2.07. The van der Waals surface area contributed by atoms with Gasteiger partial charge in [0.1, 0.15) is 12.3 Å². The van der Waals surface area contributed by atoms with Gasteiger partial charge in [0.05, 0.1) is 12.1 Å². The average molecular weight is 232 g/mol. The van der Waals surface area contributed by atoms with Crippen LogP contribution in [0.5, 0.6) is 5.75 Å². The van der Waals surface area contributed by atoms with E-state index in [4.69, 9.17) is 4.74 Å². The molecule has 2 aromatic rings. The number of benzene rings is 1. The molecule has 0 atom stereocenters. The Labute approximate surface area is 100 Å². The number of nitrogens with one attached hydrogen (secondary N) is 1. The number of amides is 1. The van der Waals surface area contributed by atoms with Crippen molar-refractivity contribution < 1.29 is 9.53 Å². The fourth-order valence-corrected chi connectivity index (χ4v) is 1.85. The summed E-state index contributed by atoms with van der Waals surface area (Å²) in [6.45, 7) is 2.93. The second kappa shape index (κ2) is 4.91. The van der Waals surface area contributed by atoms with E-state index in [0.717, 1.165) is 16.7 Å². The fraction of sp³-hybridized carbons (Fsp3) is 0.308. The summed E-state index contributed by atoms with van der Waals surface area (Å²) in [5.74, 6) is 0.852. The van der Waals surface area contributed by atoms with Crippen LogP contribution >= 0.6 is 0 Å². The van der Waals surface area contributed by atoms with Crippen molar-refractivity contribution in [3.8, 4) is 5.75 Å². The number of likely N-dealkylation sites (N-methyl/N-ethyl adjacent to an activating group) is 1. The average Bonchev–Trinajstić information content (AvgIpc) is 2.74. The first-order valence-electron chi connectivity index (χ1n) is 5.67. The molecule has 1 amide bonds. The monoisotopic (exact) mass is 232 g/mol. The van der Waals surface area contributed by atoms with E-state index in [2.05, 4.69) is 5.32 Å². The zero-order valence-corrected chi connectivity index (χ0v) is 10.1. The van der Waals surface area contributed by atoms with Crippen molar-refractivity contribution >= 4 is 16.8 Å². The predicted molar refractivity (Wildman–Crippen MR) is 67.2 cm³/mol. The Bertz CT molecular complexity index is 531. The maximum absolute atomic E-state index is 11.4. The van der Waals surface area contributed by atoms with Crippen molar-refractivity contribution in [2.75, 3.05) is 13.7 Å². The van der Waals surface area contributed by atoms with Crippen LogP contribution in [-0.4, -0.2) is 24.1 Å². The summed E-state index contributed by atoms with van der Waals surface area (Å²) in [6, 6.07) is 7.84. The van der Waals surface area contributed by atoms with Gasteiger partial charge in [-0.3, -0.25) is 4.79 Å². The number of hydrogen-bond acceptors (Lipinski definition) is 2. The van der Waals surface area contributed by atoms with Crippen LogP contribution in [-0.2, 0) is 11.3 Å². The molecule has 0 unspecified atom stereocenters. The number of nitrogens with zero attached hydrogens (tertiary/aromatic N) is 1. The Morgan fingerprint density at radius 2 is 2.24 bits per heavy atom. The molecule has 1 aromatic carbocycles. The second-order valence-electron chi connectivity index (χ2n) is 3.74. The molecule has 0 saturated heterocycles. The van der Waals surface area contributed by atoms with Gasteiger partial charge in [-0.15, -0.1) is 0 Å². The summed E-state index contributed by atoms with van der Waals surface area (Å²) in [5, 5.41) is 3.66. The van der Waals surface area contributed by atoms with Gasteiger partial charge in [0.25, 0.3) is 0 Å². The molecule has 17 heavy (non-hydrogen) atoms. The van der Waals surface area contributed by atoms with Gasteiger partial charge in [0.15, 0.2) is 0 Å². The maximum Gasteiger partial charge on any atom is 0.239 e. The SMILES string of the molecule is CCOc1cccc2c1ccn2CC(=O)NC. The standard InChI is InChI=1S/C13H16N2O2/c1-3-17-12-6-4-5-11-10(12)7-8-15(11)9-13(16)14-2/h4-8H,3,9H2,1-2H3,(H,14,16). The molecule has 0 aliphatic carbocycles. The molecule has 1 heterocycles. The van der Waals surface area contributed by atoms with E-state index in [9.17, 15) is 4.79 Å². The van der Waals surface area contributed by atoms with Gasteiger partial charge in [-0.05, 0) is 25.1 Å². The van der Waals surface area contributed by atoms with Gasteiger partial charge in [-0.25, -0.2) is 0 Å². The number of rotatable bonds is 4. The topological polar surface area (TPSA) is 43.3 Å². The molecule has 0 bridgehead atoms. The number of hydrogen-bond donors (Lipinski definition) is 1. The van der Waals surface area contributed by atoms with E-state index >= 15 is 0 Å². The third-order valence-electron chi connectivity index (χ3n) is 2.67. The first-order chi connectivity index (χ1) is 8.26. The van der Waals surface area contributed by atoms with Gasteiger partial charge in [-0.1, -0.05) is 6.07 Å². The normalized spacial score (nSPS) is 10.5. The lowest BCUT2D eigenvalue weighted by Crippen LogP contribution is -2.22. The number of fused-ring (bicyclic) bond motifs is 1. The predicted octanol–water partition coefficient (Wildman–Crippen LogP) is 1.79. The number of carbonyl (C=O) groups is 1. The molecule has 2 rings (SSSR count). The smallest absolute Gasteiger partial charge is 0.239 e. The molecule has 4 nitrogen and oxygen atoms in total. The van der Waals surface area contributed by atoms with Gasteiger partial charge >= 0.3 is 0 Å². The number of carbonyl (C=O) groups excluding carboxylic acids is 1. The summed E-state index contributed by atoms with van der Waals surface area (Å²) in [4.78, 5) is 11.4. The summed E-state index contributed by atoms with van der Waals surface area (Å²) in [7, 11) is 1.64. The van der Waals surface area contributed by atoms with Crippen LogP contribution in [0.2, 0.25) is 0 Å². The van der Waals surface area contributed by atoms with E-state index in [1.54, 1.807) is 7.05 Å². The molecule has 90 valence electrons. The molecular formula is C13H16N2O2. The third kappa shape index (κ3) is 2.25. The third-order valence-corrected chi connectivity index (χ3v) is 2.67. The van der Waals surface area contributed by atoms with Gasteiger partial charge < -0.3 is 14.6 Å². The van der Waals surface area contributed by atoms with Crippen molar-refractivity contribution in [1.29, 1.82) is 0 Å². The van der Waals surface area contributed by atoms with Gasteiger partial charge in [-0.2, -0.15) is 0 Å². The molecule has 0 aliphatic heterocycles. The summed E-state index contributed by atoms with van der Waals surface area (Å²) in [6.07, 6.45) is 1.91.